The van der Waals surface area contributed by atoms with Crippen molar-refractivity contribution in [2.24, 2.45) is 0 Å². The van der Waals surface area contributed by atoms with Gasteiger partial charge in [0, 0.05) is 6.54 Å². The predicted molar refractivity (Wildman–Crippen MR) is 66.9 cm³/mol. The molecule has 0 bridgehead atoms. The van der Waals surface area contributed by atoms with E-state index in [1.807, 2.05) is 6.92 Å². The summed E-state index contributed by atoms with van der Waals surface area (Å²) in [7, 11) is -3.53. The van der Waals surface area contributed by atoms with Crippen LogP contribution in [0, 0.1) is 0 Å². The van der Waals surface area contributed by atoms with E-state index in [4.69, 9.17) is 4.42 Å². The summed E-state index contributed by atoms with van der Waals surface area (Å²) in [6, 6.07) is 4.25. The van der Waals surface area contributed by atoms with E-state index in [-0.39, 0.29) is 4.90 Å². The van der Waals surface area contributed by atoms with E-state index >= 15 is 0 Å². The van der Waals surface area contributed by atoms with Crippen LogP contribution >= 0.6 is 0 Å². The first-order chi connectivity index (χ1) is 8.53. The molecule has 0 spiro atoms. The average molecular weight is 270 g/mol. The summed E-state index contributed by atoms with van der Waals surface area (Å²) in [5.41, 5.74) is 0.714. The number of benzene rings is 1. The fourth-order valence-electron chi connectivity index (χ4n) is 1.56. The second kappa shape index (κ2) is 4.95. The first-order valence-corrected chi connectivity index (χ1v) is 7.14. The molecule has 98 valence electrons. The van der Waals surface area contributed by atoms with Crippen LogP contribution in [0.5, 0.6) is 0 Å². The van der Waals surface area contributed by atoms with Crippen molar-refractivity contribution in [1.82, 2.24) is 9.71 Å². The van der Waals surface area contributed by atoms with Gasteiger partial charge < -0.3 is 4.42 Å². The Morgan fingerprint density at radius 2 is 2.17 bits per heavy atom. The second-order valence-electron chi connectivity index (χ2n) is 3.92. The third kappa shape index (κ3) is 2.62. The van der Waals surface area contributed by atoms with E-state index in [1.54, 1.807) is 0 Å². The smallest absolute Gasteiger partial charge is 0.408 e. The zero-order valence-corrected chi connectivity index (χ0v) is 10.7. The van der Waals surface area contributed by atoms with Crippen LogP contribution in [0.2, 0.25) is 0 Å². The quantitative estimate of drug-likeness (QED) is 0.798. The van der Waals surface area contributed by atoms with Gasteiger partial charge in [-0.2, -0.15) is 0 Å². The SMILES string of the molecule is CCCCNS(=O)(=O)c1ccc2oc(=O)[nH]c2c1. The Hall–Kier alpha value is -1.60. The minimum absolute atomic E-state index is 0.114. The molecule has 0 saturated carbocycles. The van der Waals surface area contributed by atoms with Crippen molar-refractivity contribution in [3.63, 3.8) is 0 Å². The topological polar surface area (TPSA) is 92.2 Å². The summed E-state index contributed by atoms with van der Waals surface area (Å²) >= 11 is 0. The van der Waals surface area contributed by atoms with Gasteiger partial charge in [-0.05, 0) is 24.6 Å². The fraction of sp³-hybridized carbons (Fsp3) is 0.364. The van der Waals surface area contributed by atoms with Gasteiger partial charge in [-0.15, -0.1) is 0 Å². The van der Waals surface area contributed by atoms with E-state index in [0.29, 0.717) is 17.6 Å². The first kappa shape index (κ1) is 12.8. The minimum atomic E-state index is -3.53. The monoisotopic (exact) mass is 270 g/mol. The maximum atomic E-state index is 11.9. The van der Waals surface area contributed by atoms with Crippen molar-refractivity contribution in [2.45, 2.75) is 24.7 Å². The van der Waals surface area contributed by atoms with E-state index in [0.717, 1.165) is 12.8 Å². The molecule has 18 heavy (non-hydrogen) atoms. The fourth-order valence-corrected chi connectivity index (χ4v) is 2.66. The van der Waals surface area contributed by atoms with Crippen molar-refractivity contribution in [3.05, 3.63) is 28.7 Å². The molecule has 2 N–H and O–H groups in total. The zero-order chi connectivity index (χ0) is 13.2. The van der Waals surface area contributed by atoms with E-state index < -0.39 is 15.8 Å². The number of oxazole rings is 1. The lowest BCUT2D eigenvalue weighted by Crippen LogP contribution is -2.24. The molecule has 6 nitrogen and oxygen atoms in total. The van der Waals surface area contributed by atoms with Crippen molar-refractivity contribution in [3.8, 4) is 0 Å². The normalized spacial score (nSPS) is 12.1. The molecule has 1 aromatic carbocycles. The molecule has 2 aromatic rings. The highest BCUT2D eigenvalue weighted by Crippen LogP contribution is 2.16. The van der Waals surface area contributed by atoms with Gasteiger partial charge in [0.1, 0.15) is 0 Å². The molecule has 2 rings (SSSR count). The van der Waals surface area contributed by atoms with Gasteiger partial charge in [0.15, 0.2) is 5.58 Å². The summed E-state index contributed by atoms with van der Waals surface area (Å²) in [5, 5.41) is 0. The van der Waals surface area contributed by atoms with Crippen LogP contribution in [0.15, 0.2) is 32.3 Å². The third-order valence-electron chi connectivity index (χ3n) is 2.52. The zero-order valence-electron chi connectivity index (χ0n) is 9.89. The Balaban J connectivity index is 2.32. The average Bonchev–Trinajstić information content (AvgIpc) is 2.68. The van der Waals surface area contributed by atoms with Crippen molar-refractivity contribution >= 4 is 21.1 Å². The number of fused-ring (bicyclic) bond motifs is 1. The molecule has 0 fully saturated rings. The molecule has 0 atom stereocenters. The highest BCUT2D eigenvalue weighted by molar-refractivity contribution is 7.89. The Labute approximate surface area is 104 Å². The molecule has 0 aliphatic carbocycles. The van der Waals surface area contributed by atoms with Gasteiger partial charge in [0.05, 0.1) is 10.4 Å². The van der Waals surface area contributed by atoms with Crippen LogP contribution in [0.4, 0.5) is 0 Å². The number of hydrogen-bond acceptors (Lipinski definition) is 4. The number of nitrogens with one attached hydrogen (secondary N) is 2. The standard InChI is InChI=1S/C11H14N2O4S/c1-2-3-6-12-18(15,16)8-4-5-10-9(7-8)13-11(14)17-10/h4-5,7,12H,2-3,6H2,1H3,(H,13,14). The molecule has 0 unspecified atom stereocenters. The Kier molecular flexibility index (Phi) is 3.53. The Morgan fingerprint density at radius 1 is 1.39 bits per heavy atom. The van der Waals surface area contributed by atoms with Crippen LogP contribution in [0.1, 0.15) is 19.8 Å². The molecule has 0 aliphatic rings. The Morgan fingerprint density at radius 3 is 2.89 bits per heavy atom. The first-order valence-electron chi connectivity index (χ1n) is 5.65. The minimum Gasteiger partial charge on any atom is -0.408 e. The molecular formula is C11H14N2O4S. The van der Waals surface area contributed by atoms with Crippen molar-refractivity contribution in [1.29, 1.82) is 0 Å². The molecule has 0 radical (unpaired) electrons. The van der Waals surface area contributed by atoms with Crippen LogP contribution in [-0.4, -0.2) is 19.9 Å². The molecule has 1 heterocycles. The number of H-pyrrole nitrogens is 1. The maximum absolute atomic E-state index is 11.9. The molecular weight excluding hydrogens is 256 g/mol. The highest BCUT2D eigenvalue weighted by atomic mass is 32.2. The van der Waals surface area contributed by atoms with Crippen LogP contribution in [0.3, 0.4) is 0 Å². The van der Waals surface area contributed by atoms with Crippen LogP contribution in [0.25, 0.3) is 11.1 Å². The van der Waals surface area contributed by atoms with Crippen molar-refractivity contribution in [2.75, 3.05) is 6.54 Å². The Bertz CT molecular complexity index is 699. The summed E-state index contributed by atoms with van der Waals surface area (Å²) < 4.78 is 31.2. The van der Waals surface area contributed by atoms with E-state index in [2.05, 4.69) is 9.71 Å². The molecule has 1 aromatic heterocycles. The van der Waals surface area contributed by atoms with Crippen LogP contribution < -0.4 is 10.5 Å². The number of hydrogen-bond donors (Lipinski definition) is 2. The lowest BCUT2D eigenvalue weighted by molar-refractivity contribution is 0.555. The maximum Gasteiger partial charge on any atom is 0.417 e. The van der Waals surface area contributed by atoms with Gasteiger partial charge >= 0.3 is 5.76 Å². The van der Waals surface area contributed by atoms with Gasteiger partial charge in [0.2, 0.25) is 10.0 Å². The summed E-state index contributed by atoms with van der Waals surface area (Å²) in [4.78, 5) is 13.5. The summed E-state index contributed by atoms with van der Waals surface area (Å²) in [5.74, 6) is -0.599. The summed E-state index contributed by atoms with van der Waals surface area (Å²) in [6.07, 6.45) is 1.70. The van der Waals surface area contributed by atoms with Gasteiger partial charge in [-0.1, -0.05) is 13.3 Å². The van der Waals surface area contributed by atoms with Gasteiger partial charge in [-0.25, -0.2) is 17.9 Å². The van der Waals surface area contributed by atoms with E-state index in [1.165, 1.54) is 18.2 Å². The number of aromatic amines is 1. The molecule has 0 saturated heterocycles. The number of unbranched alkanes of at least 4 members (excludes halogenated alkanes) is 1. The molecule has 7 heteroatoms. The highest BCUT2D eigenvalue weighted by Gasteiger charge is 2.14. The predicted octanol–water partition coefficient (Wildman–Crippen LogP) is 1.20. The number of rotatable bonds is 5. The van der Waals surface area contributed by atoms with E-state index in [9.17, 15) is 13.2 Å². The second-order valence-corrected chi connectivity index (χ2v) is 5.69. The number of aromatic nitrogens is 1. The largest absolute Gasteiger partial charge is 0.417 e. The number of sulfonamides is 1. The summed E-state index contributed by atoms with van der Waals surface area (Å²) in [6.45, 7) is 2.38. The lowest BCUT2D eigenvalue weighted by atomic mass is 10.3. The molecule has 0 amide bonds. The van der Waals surface area contributed by atoms with Crippen LogP contribution in [-0.2, 0) is 10.0 Å². The van der Waals surface area contributed by atoms with Gasteiger partial charge in [0.25, 0.3) is 0 Å². The van der Waals surface area contributed by atoms with Crippen molar-refractivity contribution < 1.29 is 12.8 Å². The van der Waals surface area contributed by atoms with Gasteiger partial charge in [-0.3, -0.25) is 4.98 Å². The lowest BCUT2D eigenvalue weighted by Gasteiger charge is -2.05. The molecule has 0 aliphatic heterocycles. The third-order valence-corrected chi connectivity index (χ3v) is 3.98.